The van der Waals surface area contributed by atoms with E-state index in [1.165, 1.54) is 25.3 Å². The van der Waals surface area contributed by atoms with Crippen molar-refractivity contribution in [3.05, 3.63) is 70.6 Å². The van der Waals surface area contributed by atoms with E-state index in [2.05, 4.69) is 10.6 Å². The summed E-state index contributed by atoms with van der Waals surface area (Å²) in [6, 6.07) is 9.51. The molecule has 174 valence electrons. The largest absolute Gasteiger partial charge is 0.493 e. The van der Waals surface area contributed by atoms with Gasteiger partial charge in [0.2, 0.25) is 5.91 Å². The Balaban J connectivity index is 1.61. The van der Waals surface area contributed by atoms with Gasteiger partial charge in [-0.3, -0.25) is 9.59 Å². The van der Waals surface area contributed by atoms with Crippen molar-refractivity contribution in [3.63, 3.8) is 0 Å². The number of hydrogen-bond acceptors (Lipinski definition) is 5. The summed E-state index contributed by atoms with van der Waals surface area (Å²) < 4.78 is 20.0. The molecule has 0 saturated heterocycles. The molecule has 1 fully saturated rings. The van der Waals surface area contributed by atoms with Gasteiger partial charge < -0.3 is 20.5 Å². The van der Waals surface area contributed by atoms with Gasteiger partial charge >= 0.3 is 5.97 Å². The SMILES string of the molecule is CNC(=O)c1cc2c(cc1F)OCC[C@]21C[C@H]1C(=O)Nc1cc(C#N)ccc1CC=CC(=O)O. The summed E-state index contributed by atoms with van der Waals surface area (Å²) in [5.41, 5.74) is 1.41. The molecule has 1 aliphatic heterocycles. The van der Waals surface area contributed by atoms with Crippen LogP contribution in [0.1, 0.15) is 39.9 Å². The number of allylic oxidation sites excluding steroid dienone is 1. The number of nitrogens with one attached hydrogen (secondary N) is 2. The average Bonchev–Trinajstić information content (AvgIpc) is 3.53. The molecule has 1 heterocycles. The van der Waals surface area contributed by atoms with Gasteiger partial charge in [0.15, 0.2) is 0 Å². The molecule has 3 N–H and O–H groups in total. The molecule has 0 bridgehead atoms. The number of fused-ring (bicyclic) bond motifs is 2. The van der Waals surface area contributed by atoms with Crippen molar-refractivity contribution < 1.29 is 28.6 Å². The smallest absolute Gasteiger partial charge is 0.327 e. The monoisotopic (exact) mass is 463 g/mol. The molecule has 4 rings (SSSR count). The lowest BCUT2D eigenvalue weighted by Gasteiger charge is -2.27. The maximum absolute atomic E-state index is 14.4. The summed E-state index contributed by atoms with van der Waals surface area (Å²) >= 11 is 0. The van der Waals surface area contributed by atoms with Gasteiger partial charge in [-0.25, -0.2) is 9.18 Å². The molecule has 2 aromatic rings. The number of benzene rings is 2. The summed E-state index contributed by atoms with van der Waals surface area (Å²) in [6.07, 6.45) is 3.79. The predicted octanol–water partition coefficient (Wildman–Crippen LogP) is 2.92. The summed E-state index contributed by atoms with van der Waals surface area (Å²) in [6.45, 7) is 0.324. The Morgan fingerprint density at radius 3 is 2.82 bits per heavy atom. The number of ether oxygens (including phenoxy) is 1. The summed E-state index contributed by atoms with van der Waals surface area (Å²) in [5.74, 6) is -2.69. The molecule has 1 spiro atoms. The van der Waals surface area contributed by atoms with Crippen molar-refractivity contribution in [2.45, 2.75) is 24.7 Å². The minimum Gasteiger partial charge on any atom is -0.493 e. The molecule has 2 aliphatic rings. The van der Waals surface area contributed by atoms with Crippen LogP contribution in [0.25, 0.3) is 0 Å². The maximum atomic E-state index is 14.4. The van der Waals surface area contributed by atoms with Gasteiger partial charge in [-0.15, -0.1) is 0 Å². The molecule has 1 saturated carbocycles. The van der Waals surface area contributed by atoms with Crippen LogP contribution in [0.4, 0.5) is 10.1 Å². The van der Waals surface area contributed by atoms with E-state index in [1.807, 2.05) is 6.07 Å². The molecule has 2 aromatic carbocycles. The molecule has 0 radical (unpaired) electrons. The molecule has 1 aliphatic carbocycles. The van der Waals surface area contributed by atoms with Gasteiger partial charge in [-0.2, -0.15) is 5.26 Å². The van der Waals surface area contributed by atoms with Crippen LogP contribution in [-0.4, -0.2) is 36.5 Å². The second-order valence-corrected chi connectivity index (χ2v) is 8.34. The average molecular weight is 463 g/mol. The lowest BCUT2D eigenvalue weighted by atomic mass is 9.86. The van der Waals surface area contributed by atoms with Gasteiger partial charge in [-0.05, 0) is 43.0 Å². The fourth-order valence-corrected chi connectivity index (χ4v) is 4.52. The van der Waals surface area contributed by atoms with E-state index in [0.29, 0.717) is 47.6 Å². The number of carbonyl (C=O) groups excluding carboxylic acids is 2. The van der Waals surface area contributed by atoms with Crippen molar-refractivity contribution >= 4 is 23.5 Å². The number of rotatable bonds is 6. The van der Waals surface area contributed by atoms with Crippen LogP contribution < -0.4 is 15.4 Å². The highest BCUT2D eigenvalue weighted by Gasteiger charge is 2.61. The minimum atomic E-state index is -1.08. The van der Waals surface area contributed by atoms with E-state index in [9.17, 15) is 24.0 Å². The number of amides is 2. The van der Waals surface area contributed by atoms with Crippen LogP contribution in [0.2, 0.25) is 0 Å². The number of carboxylic acids is 1. The molecule has 2 amide bonds. The molecular weight excluding hydrogens is 441 g/mol. The van der Waals surface area contributed by atoms with E-state index >= 15 is 0 Å². The highest BCUT2D eigenvalue weighted by molar-refractivity contribution is 5.98. The Hall–Kier alpha value is -4.19. The lowest BCUT2D eigenvalue weighted by molar-refractivity contribution is -0.131. The van der Waals surface area contributed by atoms with E-state index in [-0.39, 0.29) is 17.9 Å². The topological polar surface area (TPSA) is 129 Å². The fraction of sp³-hybridized carbons (Fsp3) is 0.280. The number of nitriles is 1. The van der Waals surface area contributed by atoms with Crippen molar-refractivity contribution in [1.29, 1.82) is 5.26 Å². The van der Waals surface area contributed by atoms with Crippen LogP contribution in [0.3, 0.4) is 0 Å². The minimum absolute atomic E-state index is 0.105. The lowest BCUT2D eigenvalue weighted by Crippen LogP contribution is -2.28. The summed E-state index contributed by atoms with van der Waals surface area (Å²) in [7, 11) is 1.42. The number of halogens is 1. The highest BCUT2D eigenvalue weighted by atomic mass is 19.1. The number of carbonyl (C=O) groups is 3. The molecule has 0 aromatic heterocycles. The van der Waals surface area contributed by atoms with Gasteiger partial charge in [0.25, 0.3) is 5.91 Å². The first-order chi connectivity index (χ1) is 16.3. The van der Waals surface area contributed by atoms with Gasteiger partial charge in [0.05, 0.1) is 23.8 Å². The Kier molecular flexibility index (Phi) is 6.07. The Morgan fingerprint density at radius 1 is 1.32 bits per heavy atom. The van der Waals surface area contributed by atoms with Crippen LogP contribution in [-0.2, 0) is 21.4 Å². The fourth-order valence-electron chi connectivity index (χ4n) is 4.52. The second kappa shape index (κ2) is 8.98. The van der Waals surface area contributed by atoms with Crippen molar-refractivity contribution in [2.24, 2.45) is 5.92 Å². The Labute approximate surface area is 195 Å². The zero-order valence-electron chi connectivity index (χ0n) is 18.4. The Bertz CT molecular complexity index is 1270. The first-order valence-corrected chi connectivity index (χ1v) is 10.7. The normalized spacial score (nSPS) is 20.2. The predicted molar refractivity (Wildman–Crippen MR) is 120 cm³/mol. The molecule has 0 unspecified atom stereocenters. The first-order valence-electron chi connectivity index (χ1n) is 10.7. The van der Waals surface area contributed by atoms with Crippen LogP contribution >= 0.6 is 0 Å². The van der Waals surface area contributed by atoms with Crippen LogP contribution in [0, 0.1) is 23.1 Å². The van der Waals surface area contributed by atoms with Gasteiger partial charge in [0.1, 0.15) is 11.6 Å². The summed E-state index contributed by atoms with van der Waals surface area (Å²) in [5, 5.41) is 23.4. The highest BCUT2D eigenvalue weighted by Crippen LogP contribution is 2.61. The van der Waals surface area contributed by atoms with E-state index in [0.717, 1.165) is 6.08 Å². The number of carboxylic acid groups (broad SMARTS) is 1. The number of anilines is 1. The van der Waals surface area contributed by atoms with E-state index in [1.54, 1.807) is 18.2 Å². The molecule has 8 nitrogen and oxygen atoms in total. The number of aliphatic carboxylic acids is 1. The third kappa shape index (κ3) is 4.22. The van der Waals surface area contributed by atoms with E-state index in [4.69, 9.17) is 9.84 Å². The maximum Gasteiger partial charge on any atom is 0.327 e. The second-order valence-electron chi connectivity index (χ2n) is 8.34. The standard InChI is InChI=1S/C25H22FN3O5/c1-28-23(32)16-10-17-21(11-19(16)26)34-8-7-25(17)12-18(25)24(33)29-20-9-14(13-27)5-6-15(20)3-2-4-22(30)31/h2,4-6,9-11,18H,3,7-8,12H2,1H3,(H,28,32)(H,29,33)(H,30,31)/t18-,25-/m0/s1. The first kappa shape index (κ1) is 23.0. The zero-order chi connectivity index (χ0) is 24.5. The van der Waals surface area contributed by atoms with Gasteiger partial charge in [-0.1, -0.05) is 12.1 Å². The van der Waals surface area contributed by atoms with Crippen LogP contribution in [0.5, 0.6) is 5.75 Å². The quantitative estimate of drug-likeness (QED) is 0.565. The number of hydrogen-bond donors (Lipinski definition) is 3. The Morgan fingerprint density at radius 2 is 2.12 bits per heavy atom. The van der Waals surface area contributed by atoms with Gasteiger partial charge in [0, 0.05) is 41.8 Å². The molecule has 9 heteroatoms. The number of nitrogens with zero attached hydrogens (tertiary/aromatic N) is 1. The van der Waals surface area contributed by atoms with Crippen LogP contribution in [0.15, 0.2) is 42.5 Å². The van der Waals surface area contributed by atoms with E-state index < -0.39 is 29.0 Å². The van der Waals surface area contributed by atoms with Crippen molar-refractivity contribution in [2.75, 3.05) is 19.0 Å². The molecular formula is C25H22FN3O5. The molecule has 34 heavy (non-hydrogen) atoms. The van der Waals surface area contributed by atoms with Crippen molar-refractivity contribution in [1.82, 2.24) is 5.32 Å². The third-order valence-corrected chi connectivity index (χ3v) is 6.37. The van der Waals surface area contributed by atoms with Crippen molar-refractivity contribution in [3.8, 4) is 11.8 Å². The molecule has 2 atom stereocenters. The third-order valence-electron chi connectivity index (χ3n) is 6.37. The zero-order valence-corrected chi connectivity index (χ0v) is 18.4. The summed E-state index contributed by atoms with van der Waals surface area (Å²) in [4.78, 5) is 36.1.